The highest BCUT2D eigenvalue weighted by molar-refractivity contribution is 5.05. The largest absolute Gasteiger partial charge is 0.365 e. The summed E-state index contributed by atoms with van der Waals surface area (Å²) in [5, 5.41) is 7.85. The summed E-state index contributed by atoms with van der Waals surface area (Å²) in [6.07, 6.45) is 6.22. The molecule has 2 aromatic rings. The molecule has 80 valence electrons. The number of nitrogens with zero attached hydrogens (tertiary/aromatic N) is 2. The van der Waals surface area contributed by atoms with Gasteiger partial charge in [-0.2, -0.15) is 0 Å². The first-order valence-electron chi connectivity index (χ1n) is 5.19. The topological polar surface area (TPSA) is 52.1 Å². The van der Waals surface area contributed by atoms with Crippen molar-refractivity contribution in [1.82, 2.24) is 10.3 Å². The first-order chi connectivity index (χ1) is 7.40. The third kappa shape index (κ3) is 2.46. The predicted octanol–water partition coefficient (Wildman–Crippen LogP) is 2.79. The van der Waals surface area contributed by atoms with Crippen LogP contribution in [0.15, 0.2) is 33.7 Å². The maximum absolute atomic E-state index is 4.85. The summed E-state index contributed by atoms with van der Waals surface area (Å²) >= 11 is 0. The molecule has 0 aromatic carbocycles. The van der Waals surface area contributed by atoms with Crippen LogP contribution in [0, 0.1) is 0 Å². The molecular weight excluding hydrogens is 192 g/mol. The van der Waals surface area contributed by atoms with Gasteiger partial charge in [0.25, 0.3) is 0 Å². The lowest BCUT2D eigenvalue weighted by atomic mass is 9.96. The fourth-order valence-electron chi connectivity index (χ4n) is 1.68. The zero-order valence-electron chi connectivity index (χ0n) is 8.72. The van der Waals surface area contributed by atoms with Gasteiger partial charge >= 0.3 is 0 Å². The molecule has 1 atom stereocenters. The average molecular weight is 206 g/mol. The van der Waals surface area contributed by atoms with Gasteiger partial charge in [0.15, 0.2) is 0 Å². The number of aryl methyl sites for hydroxylation is 1. The van der Waals surface area contributed by atoms with Gasteiger partial charge in [-0.25, -0.2) is 0 Å². The number of hydrogen-bond acceptors (Lipinski definition) is 4. The SMILES string of the molecule is CCC(CCc1ccon1)c1ccon1. The Morgan fingerprint density at radius 1 is 1.20 bits per heavy atom. The van der Waals surface area contributed by atoms with Crippen molar-refractivity contribution in [3.63, 3.8) is 0 Å². The fourth-order valence-corrected chi connectivity index (χ4v) is 1.68. The van der Waals surface area contributed by atoms with Crippen molar-refractivity contribution < 1.29 is 9.05 Å². The molecule has 4 heteroatoms. The second-order valence-corrected chi connectivity index (χ2v) is 3.56. The third-order valence-electron chi connectivity index (χ3n) is 2.61. The molecule has 0 aliphatic carbocycles. The van der Waals surface area contributed by atoms with Gasteiger partial charge in [-0.15, -0.1) is 0 Å². The Hall–Kier alpha value is -1.58. The summed E-state index contributed by atoms with van der Waals surface area (Å²) in [6, 6.07) is 3.83. The van der Waals surface area contributed by atoms with E-state index in [9.17, 15) is 0 Å². The maximum atomic E-state index is 4.85. The standard InChI is InChI=1S/C11H14N2O2/c1-2-9(11-6-8-15-13-11)3-4-10-5-7-14-12-10/h5-9H,2-4H2,1H3. The molecule has 0 N–H and O–H groups in total. The van der Waals surface area contributed by atoms with Gasteiger partial charge in [0.05, 0.1) is 11.4 Å². The Kier molecular flexibility index (Phi) is 3.17. The molecule has 2 rings (SSSR count). The van der Waals surface area contributed by atoms with Crippen molar-refractivity contribution in [2.75, 3.05) is 0 Å². The Morgan fingerprint density at radius 2 is 2.00 bits per heavy atom. The molecule has 0 amide bonds. The molecule has 0 saturated carbocycles. The Balaban J connectivity index is 1.92. The van der Waals surface area contributed by atoms with Crippen LogP contribution in [0.5, 0.6) is 0 Å². The maximum Gasteiger partial charge on any atom is 0.124 e. The molecule has 4 nitrogen and oxygen atoms in total. The molecule has 2 aromatic heterocycles. The van der Waals surface area contributed by atoms with Crippen molar-refractivity contribution in [3.8, 4) is 0 Å². The minimum Gasteiger partial charge on any atom is -0.365 e. The van der Waals surface area contributed by atoms with Gasteiger partial charge in [0, 0.05) is 18.1 Å². The normalized spacial score (nSPS) is 12.9. The van der Waals surface area contributed by atoms with E-state index in [1.165, 1.54) is 0 Å². The van der Waals surface area contributed by atoms with Crippen LogP contribution in [0.25, 0.3) is 0 Å². The van der Waals surface area contributed by atoms with E-state index in [4.69, 9.17) is 9.05 Å². The van der Waals surface area contributed by atoms with Crippen LogP contribution in [0.3, 0.4) is 0 Å². The second kappa shape index (κ2) is 4.77. The number of rotatable bonds is 5. The van der Waals surface area contributed by atoms with E-state index in [-0.39, 0.29) is 0 Å². The lowest BCUT2D eigenvalue weighted by Crippen LogP contribution is -2.00. The van der Waals surface area contributed by atoms with Crippen LogP contribution in [0.2, 0.25) is 0 Å². The number of aromatic nitrogens is 2. The summed E-state index contributed by atoms with van der Waals surface area (Å²) in [4.78, 5) is 0. The van der Waals surface area contributed by atoms with E-state index in [0.717, 1.165) is 30.7 Å². The summed E-state index contributed by atoms with van der Waals surface area (Å²) in [7, 11) is 0. The quantitative estimate of drug-likeness (QED) is 0.754. The molecule has 0 fully saturated rings. The lowest BCUT2D eigenvalue weighted by Gasteiger charge is -2.09. The first kappa shape index (κ1) is 9.96. The third-order valence-corrected chi connectivity index (χ3v) is 2.61. The molecule has 15 heavy (non-hydrogen) atoms. The molecule has 2 heterocycles. The van der Waals surface area contributed by atoms with Crippen LogP contribution in [-0.2, 0) is 6.42 Å². The molecule has 0 aliphatic rings. The monoisotopic (exact) mass is 206 g/mol. The first-order valence-corrected chi connectivity index (χ1v) is 5.19. The van der Waals surface area contributed by atoms with E-state index in [2.05, 4.69) is 17.2 Å². The van der Waals surface area contributed by atoms with Crippen molar-refractivity contribution in [2.45, 2.75) is 32.1 Å². The number of hydrogen-bond donors (Lipinski definition) is 0. The van der Waals surface area contributed by atoms with Gasteiger partial charge in [-0.3, -0.25) is 0 Å². The van der Waals surface area contributed by atoms with E-state index >= 15 is 0 Å². The van der Waals surface area contributed by atoms with Gasteiger partial charge in [0.2, 0.25) is 0 Å². The van der Waals surface area contributed by atoms with Gasteiger partial charge < -0.3 is 9.05 Å². The second-order valence-electron chi connectivity index (χ2n) is 3.56. The van der Waals surface area contributed by atoms with Crippen molar-refractivity contribution in [2.24, 2.45) is 0 Å². The molecule has 0 spiro atoms. The van der Waals surface area contributed by atoms with Crippen LogP contribution in [0.1, 0.15) is 37.1 Å². The Morgan fingerprint density at radius 3 is 2.60 bits per heavy atom. The molecule has 0 saturated heterocycles. The molecule has 0 radical (unpaired) electrons. The van der Waals surface area contributed by atoms with Crippen molar-refractivity contribution in [3.05, 3.63) is 36.0 Å². The summed E-state index contributed by atoms with van der Waals surface area (Å²) in [5.41, 5.74) is 2.03. The fraction of sp³-hybridized carbons (Fsp3) is 0.455. The highest BCUT2D eigenvalue weighted by atomic mass is 16.5. The van der Waals surface area contributed by atoms with Crippen molar-refractivity contribution in [1.29, 1.82) is 0 Å². The lowest BCUT2D eigenvalue weighted by molar-refractivity contribution is 0.396. The minimum absolute atomic E-state index is 0.445. The van der Waals surface area contributed by atoms with Crippen LogP contribution in [0.4, 0.5) is 0 Å². The van der Waals surface area contributed by atoms with E-state index in [1.807, 2.05) is 12.1 Å². The van der Waals surface area contributed by atoms with Gasteiger partial charge in [-0.1, -0.05) is 17.2 Å². The Bertz CT molecular complexity index is 367. The van der Waals surface area contributed by atoms with Crippen LogP contribution >= 0.6 is 0 Å². The summed E-state index contributed by atoms with van der Waals surface area (Å²) in [6.45, 7) is 2.15. The average Bonchev–Trinajstić information content (AvgIpc) is 2.90. The molecule has 1 unspecified atom stereocenters. The molecular formula is C11H14N2O2. The highest BCUT2D eigenvalue weighted by Gasteiger charge is 2.12. The molecule has 0 aliphatic heterocycles. The molecule has 0 bridgehead atoms. The minimum atomic E-state index is 0.445. The Labute approximate surface area is 88.2 Å². The zero-order valence-corrected chi connectivity index (χ0v) is 8.72. The predicted molar refractivity (Wildman–Crippen MR) is 54.4 cm³/mol. The zero-order chi connectivity index (χ0) is 10.5. The van der Waals surface area contributed by atoms with Gasteiger partial charge in [-0.05, 0) is 19.3 Å². The van der Waals surface area contributed by atoms with Crippen molar-refractivity contribution >= 4 is 0 Å². The van der Waals surface area contributed by atoms with Crippen LogP contribution < -0.4 is 0 Å². The summed E-state index contributed by atoms with van der Waals surface area (Å²) < 4.78 is 9.64. The van der Waals surface area contributed by atoms with E-state index in [1.54, 1.807) is 12.5 Å². The van der Waals surface area contributed by atoms with Crippen LogP contribution in [-0.4, -0.2) is 10.3 Å². The smallest absolute Gasteiger partial charge is 0.124 e. The summed E-state index contributed by atoms with van der Waals surface area (Å²) in [5.74, 6) is 0.445. The van der Waals surface area contributed by atoms with Gasteiger partial charge in [0.1, 0.15) is 12.5 Å². The highest BCUT2D eigenvalue weighted by Crippen LogP contribution is 2.23. The van der Waals surface area contributed by atoms with E-state index in [0.29, 0.717) is 5.92 Å². The van der Waals surface area contributed by atoms with E-state index < -0.39 is 0 Å².